The van der Waals surface area contributed by atoms with Gasteiger partial charge in [0, 0.05) is 19.3 Å². The van der Waals surface area contributed by atoms with Gasteiger partial charge in [0.2, 0.25) is 0 Å². The third kappa shape index (κ3) is 5.86. The molecule has 0 bridgehead atoms. The minimum Gasteiger partial charge on any atom is -0.381 e. The number of hydrogen-bond donors (Lipinski definition) is 1. The van der Waals surface area contributed by atoms with Crippen molar-refractivity contribution in [1.29, 1.82) is 0 Å². The molecule has 1 heterocycles. The van der Waals surface area contributed by atoms with Crippen molar-refractivity contribution in [3.05, 3.63) is 0 Å². The zero-order valence-electron chi connectivity index (χ0n) is 11.1. The quantitative estimate of drug-likeness (QED) is 0.686. The smallest absolute Gasteiger partial charge is 0.0468 e. The van der Waals surface area contributed by atoms with E-state index in [-0.39, 0.29) is 0 Å². The molecule has 96 valence electrons. The number of ether oxygens (including phenoxy) is 1. The van der Waals surface area contributed by atoms with Gasteiger partial charge in [-0.05, 0) is 38.1 Å². The van der Waals surface area contributed by atoms with Crippen molar-refractivity contribution in [3.63, 3.8) is 0 Å². The Hall–Kier alpha value is -0.0800. The van der Waals surface area contributed by atoms with Crippen molar-refractivity contribution in [2.24, 2.45) is 5.92 Å². The average molecular weight is 227 g/mol. The SMILES string of the molecule is CCCC(CCCC1CCOCC1)NCC. The predicted molar refractivity (Wildman–Crippen MR) is 69.8 cm³/mol. The van der Waals surface area contributed by atoms with Crippen molar-refractivity contribution in [2.75, 3.05) is 19.8 Å². The normalized spacial score (nSPS) is 19.9. The molecule has 0 aliphatic carbocycles. The summed E-state index contributed by atoms with van der Waals surface area (Å²) in [7, 11) is 0. The van der Waals surface area contributed by atoms with Crippen LogP contribution >= 0.6 is 0 Å². The summed E-state index contributed by atoms with van der Waals surface area (Å²) in [5.41, 5.74) is 0. The largest absolute Gasteiger partial charge is 0.381 e. The molecule has 1 unspecified atom stereocenters. The van der Waals surface area contributed by atoms with Crippen LogP contribution in [0.3, 0.4) is 0 Å². The van der Waals surface area contributed by atoms with Crippen LogP contribution in [0.5, 0.6) is 0 Å². The summed E-state index contributed by atoms with van der Waals surface area (Å²) in [4.78, 5) is 0. The Kier molecular flexibility index (Phi) is 7.87. The van der Waals surface area contributed by atoms with Crippen molar-refractivity contribution in [3.8, 4) is 0 Å². The maximum atomic E-state index is 5.39. The summed E-state index contributed by atoms with van der Waals surface area (Å²) in [5.74, 6) is 0.942. The van der Waals surface area contributed by atoms with Gasteiger partial charge in [-0.25, -0.2) is 0 Å². The fourth-order valence-electron chi connectivity index (χ4n) is 2.67. The number of hydrogen-bond acceptors (Lipinski definition) is 2. The van der Waals surface area contributed by atoms with Gasteiger partial charge in [0.1, 0.15) is 0 Å². The number of rotatable bonds is 8. The lowest BCUT2D eigenvalue weighted by Gasteiger charge is -2.23. The topological polar surface area (TPSA) is 21.3 Å². The molecule has 0 amide bonds. The maximum absolute atomic E-state index is 5.39. The molecule has 1 atom stereocenters. The van der Waals surface area contributed by atoms with Crippen LogP contribution in [0.4, 0.5) is 0 Å². The van der Waals surface area contributed by atoms with E-state index >= 15 is 0 Å². The first-order valence-corrected chi connectivity index (χ1v) is 7.18. The highest BCUT2D eigenvalue weighted by Gasteiger charge is 2.14. The third-order valence-corrected chi connectivity index (χ3v) is 3.64. The summed E-state index contributed by atoms with van der Waals surface area (Å²) >= 11 is 0. The molecule has 0 aromatic heterocycles. The van der Waals surface area contributed by atoms with Crippen molar-refractivity contribution >= 4 is 0 Å². The molecule has 1 saturated heterocycles. The Bertz CT molecular complexity index is 149. The highest BCUT2D eigenvalue weighted by molar-refractivity contribution is 4.68. The van der Waals surface area contributed by atoms with E-state index in [4.69, 9.17) is 4.74 Å². The van der Waals surface area contributed by atoms with E-state index in [0.717, 1.165) is 31.7 Å². The monoisotopic (exact) mass is 227 g/mol. The zero-order valence-corrected chi connectivity index (χ0v) is 11.1. The molecule has 1 N–H and O–H groups in total. The van der Waals surface area contributed by atoms with Gasteiger partial charge in [0.15, 0.2) is 0 Å². The lowest BCUT2D eigenvalue weighted by Crippen LogP contribution is -2.28. The standard InChI is InChI=1S/C14H29NO/c1-3-6-14(15-4-2)8-5-7-13-9-11-16-12-10-13/h13-15H,3-12H2,1-2H3. The van der Waals surface area contributed by atoms with E-state index in [0.29, 0.717) is 0 Å². The van der Waals surface area contributed by atoms with E-state index in [1.54, 1.807) is 0 Å². The Morgan fingerprint density at radius 2 is 1.94 bits per heavy atom. The first-order valence-electron chi connectivity index (χ1n) is 7.18. The highest BCUT2D eigenvalue weighted by Crippen LogP contribution is 2.21. The molecule has 2 heteroatoms. The second kappa shape index (κ2) is 9.00. The fraction of sp³-hybridized carbons (Fsp3) is 1.00. The Morgan fingerprint density at radius 3 is 2.56 bits per heavy atom. The molecular weight excluding hydrogens is 198 g/mol. The van der Waals surface area contributed by atoms with Crippen LogP contribution in [0.2, 0.25) is 0 Å². The van der Waals surface area contributed by atoms with E-state index in [2.05, 4.69) is 19.2 Å². The summed E-state index contributed by atoms with van der Waals surface area (Å²) in [6, 6.07) is 0.759. The molecule has 16 heavy (non-hydrogen) atoms. The average Bonchev–Trinajstić information content (AvgIpc) is 2.31. The van der Waals surface area contributed by atoms with Gasteiger partial charge in [-0.15, -0.1) is 0 Å². The predicted octanol–water partition coefficient (Wildman–Crippen LogP) is 3.36. The molecule has 1 fully saturated rings. The van der Waals surface area contributed by atoms with Gasteiger partial charge < -0.3 is 10.1 Å². The first-order chi connectivity index (χ1) is 7.86. The summed E-state index contributed by atoms with van der Waals surface area (Å²) in [6.07, 6.45) is 9.38. The van der Waals surface area contributed by atoms with Gasteiger partial charge in [-0.3, -0.25) is 0 Å². The highest BCUT2D eigenvalue weighted by atomic mass is 16.5. The lowest BCUT2D eigenvalue weighted by molar-refractivity contribution is 0.0629. The molecule has 2 nitrogen and oxygen atoms in total. The van der Waals surface area contributed by atoms with Crippen LogP contribution in [-0.4, -0.2) is 25.8 Å². The van der Waals surface area contributed by atoms with E-state index in [1.165, 1.54) is 44.9 Å². The van der Waals surface area contributed by atoms with Gasteiger partial charge in [0.05, 0.1) is 0 Å². The molecule has 1 aliphatic rings. The van der Waals surface area contributed by atoms with Gasteiger partial charge in [-0.1, -0.05) is 33.1 Å². The van der Waals surface area contributed by atoms with Crippen LogP contribution in [0.15, 0.2) is 0 Å². The van der Waals surface area contributed by atoms with Crippen LogP contribution < -0.4 is 5.32 Å². The van der Waals surface area contributed by atoms with Crippen LogP contribution in [0.1, 0.15) is 58.8 Å². The first kappa shape index (κ1) is 14.0. The molecule has 1 aliphatic heterocycles. The van der Waals surface area contributed by atoms with E-state index < -0.39 is 0 Å². The fourth-order valence-corrected chi connectivity index (χ4v) is 2.67. The molecule has 1 rings (SSSR count). The summed E-state index contributed by atoms with van der Waals surface area (Å²) in [5, 5.41) is 3.60. The van der Waals surface area contributed by atoms with E-state index in [1.807, 2.05) is 0 Å². The minimum atomic E-state index is 0.759. The number of nitrogens with one attached hydrogen (secondary N) is 1. The summed E-state index contributed by atoms with van der Waals surface area (Å²) in [6.45, 7) is 7.60. The van der Waals surface area contributed by atoms with Gasteiger partial charge in [-0.2, -0.15) is 0 Å². The Balaban J connectivity index is 2.06. The van der Waals surface area contributed by atoms with Gasteiger partial charge in [0.25, 0.3) is 0 Å². The Labute approximate surface area is 101 Å². The molecule has 0 aromatic carbocycles. The van der Waals surface area contributed by atoms with Crippen molar-refractivity contribution < 1.29 is 4.74 Å². The van der Waals surface area contributed by atoms with Crippen LogP contribution in [-0.2, 0) is 4.74 Å². The summed E-state index contributed by atoms with van der Waals surface area (Å²) < 4.78 is 5.39. The van der Waals surface area contributed by atoms with E-state index in [9.17, 15) is 0 Å². The van der Waals surface area contributed by atoms with Crippen molar-refractivity contribution in [1.82, 2.24) is 5.32 Å². The van der Waals surface area contributed by atoms with Gasteiger partial charge >= 0.3 is 0 Å². The minimum absolute atomic E-state index is 0.759. The second-order valence-corrected chi connectivity index (χ2v) is 5.03. The van der Waals surface area contributed by atoms with Crippen molar-refractivity contribution in [2.45, 2.75) is 64.8 Å². The molecule has 0 radical (unpaired) electrons. The van der Waals surface area contributed by atoms with Crippen LogP contribution in [0, 0.1) is 5.92 Å². The zero-order chi connectivity index (χ0) is 11.6. The lowest BCUT2D eigenvalue weighted by atomic mass is 9.92. The molecule has 0 aromatic rings. The maximum Gasteiger partial charge on any atom is 0.0468 e. The van der Waals surface area contributed by atoms with Crippen LogP contribution in [0.25, 0.3) is 0 Å². The molecule has 0 spiro atoms. The molecule has 0 saturated carbocycles. The third-order valence-electron chi connectivity index (χ3n) is 3.64. The Morgan fingerprint density at radius 1 is 1.19 bits per heavy atom. The molecular formula is C14H29NO. The second-order valence-electron chi connectivity index (χ2n) is 5.03.